The molecular formula is C30H35ClN4O4. The van der Waals surface area contributed by atoms with Gasteiger partial charge in [0, 0.05) is 41.8 Å². The van der Waals surface area contributed by atoms with E-state index >= 15 is 0 Å². The van der Waals surface area contributed by atoms with E-state index in [-0.39, 0.29) is 42.9 Å². The molecule has 1 unspecified atom stereocenters. The molecule has 2 N–H and O–H groups in total. The third kappa shape index (κ3) is 6.40. The molecule has 0 saturated heterocycles. The molecular weight excluding hydrogens is 516 g/mol. The molecule has 2 heterocycles. The van der Waals surface area contributed by atoms with Gasteiger partial charge in [0.1, 0.15) is 11.9 Å². The van der Waals surface area contributed by atoms with Crippen LogP contribution in [0, 0.1) is 0 Å². The maximum Gasteiger partial charge on any atom is 0.256 e. The van der Waals surface area contributed by atoms with Gasteiger partial charge in [0.25, 0.3) is 11.5 Å². The minimum Gasteiger partial charge on any atom is -0.396 e. The molecule has 1 aliphatic rings. The Morgan fingerprint density at radius 2 is 1.87 bits per heavy atom. The molecule has 0 saturated carbocycles. The first-order valence-electron chi connectivity index (χ1n) is 13.5. The molecule has 8 nitrogen and oxygen atoms in total. The summed E-state index contributed by atoms with van der Waals surface area (Å²) >= 11 is 6.04. The van der Waals surface area contributed by atoms with Gasteiger partial charge in [0.05, 0.1) is 17.8 Å². The minimum absolute atomic E-state index is 0.0963. The standard InChI is InChI=1S/C30H35ClN4O4/c1-3-5-9-22-18-34(19-24-26(22)32-27(33-28(24)37)20-12-14-23(31)15-13-20)30(39)25(16-17-36)35(4-2)29(38)21-10-7-6-8-11-21/h6-8,10-15,22,25,36H,3-5,9,16-19H2,1-2H3,(H,32,33,37)/t22?,25-/m0/s1. The summed E-state index contributed by atoms with van der Waals surface area (Å²) in [4.78, 5) is 51.5. The monoisotopic (exact) mass is 550 g/mol. The number of aromatic nitrogens is 2. The molecule has 4 rings (SSSR count). The molecule has 9 heteroatoms. The number of benzene rings is 2. The number of halogens is 1. The van der Waals surface area contributed by atoms with Gasteiger partial charge in [-0.25, -0.2) is 4.98 Å². The second-order valence-electron chi connectivity index (χ2n) is 9.83. The molecule has 1 aliphatic heterocycles. The first kappa shape index (κ1) is 28.5. The maximum absolute atomic E-state index is 14.0. The van der Waals surface area contributed by atoms with Crippen LogP contribution in [0.25, 0.3) is 11.4 Å². The van der Waals surface area contributed by atoms with Crippen LogP contribution in [0.15, 0.2) is 59.4 Å². The third-order valence-corrected chi connectivity index (χ3v) is 7.50. The fourth-order valence-corrected chi connectivity index (χ4v) is 5.33. The van der Waals surface area contributed by atoms with E-state index in [1.54, 1.807) is 41.3 Å². The van der Waals surface area contributed by atoms with Gasteiger partial charge in [-0.1, -0.05) is 49.6 Å². The molecule has 206 valence electrons. The van der Waals surface area contributed by atoms with Crippen LogP contribution in [-0.2, 0) is 11.3 Å². The van der Waals surface area contributed by atoms with Crippen molar-refractivity contribution in [2.75, 3.05) is 19.7 Å². The third-order valence-electron chi connectivity index (χ3n) is 7.25. The molecule has 0 fully saturated rings. The number of hydrogen-bond acceptors (Lipinski definition) is 5. The van der Waals surface area contributed by atoms with Crippen molar-refractivity contribution in [3.8, 4) is 11.4 Å². The van der Waals surface area contributed by atoms with E-state index in [2.05, 4.69) is 11.9 Å². The normalized spacial score (nSPS) is 15.5. The second-order valence-corrected chi connectivity index (χ2v) is 10.3. The predicted molar refractivity (Wildman–Crippen MR) is 152 cm³/mol. The number of aliphatic hydroxyl groups is 1. The van der Waals surface area contributed by atoms with E-state index in [4.69, 9.17) is 16.6 Å². The molecule has 1 aromatic heterocycles. The number of nitrogens with one attached hydrogen (secondary N) is 1. The van der Waals surface area contributed by atoms with Gasteiger partial charge < -0.3 is 19.9 Å². The Bertz CT molecular complexity index is 1340. The van der Waals surface area contributed by atoms with E-state index in [9.17, 15) is 19.5 Å². The van der Waals surface area contributed by atoms with Gasteiger partial charge in [-0.2, -0.15) is 0 Å². The van der Waals surface area contributed by atoms with Gasteiger partial charge in [0.15, 0.2) is 0 Å². The van der Waals surface area contributed by atoms with E-state index in [1.165, 1.54) is 4.90 Å². The Hall–Kier alpha value is -3.49. The number of nitrogens with zero attached hydrogens (tertiary/aromatic N) is 3. The van der Waals surface area contributed by atoms with E-state index in [0.717, 1.165) is 24.8 Å². The van der Waals surface area contributed by atoms with Crippen LogP contribution in [-0.4, -0.2) is 62.4 Å². The number of carbonyl (C=O) groups excluding carboxylic acids is 2. The average molecular weight is 551 g/mol. The first-order valence-corrected chi connectivity index (χ1v) is 13.9. The number of unbranched alkanes of at least 4 members (excludes halogenated alkanes) is 1. The van der Waals surface area contributed by atoms with Crippen molar-refractivity contribution in [3.05, 3.63) is 86.8 Å². The zero-order valence-electron chi connectivity index (χ0n) is 22.4. The summed E-state index contributed by atoms with van der Waals surface area (Å²) in [5.41, 5.74) is 2.14. The van der Waals surface area contributed by atoms with Crippen LogP contribution < -0.4 is 5.56 Å². The van der Waals surface area contributed by atoms with Crippen molar-refractivity contribution in [1.82, 2.24) is 19.8 Å². The smallest absolute Gasteiger partial charge is 0.256 e. The van der Waals surface area contributed by atoms with Gasteiger partial charge in [-0.15, -0.1) is 0 Å². The average Bonchev–Trinajstić information content (AvgIpc) is 2.96. The van der Waals surface area contributed by atoms with Crippen LogP contribution in [0.5, 0.6) is 0 Å². The number of H-pyrrole nitrogens is 1. The number of likely N-dealkylation sites (N-methyl/N-ethyl adjacent to an activating group) is 1. The topological polar surface area (TPSA) is 107 Å². The highest BCUT2D eigenvalue weighted by Crippen LogP contribution is 2.31. The Morgan fingerprint density at radius 1 is 1.15 bits per heavy atom. The van der Waals surface area contributed by atoms with Crippen molar-refractivity contribution >= 4 is 23.4 Å². The van der Waals surface area contributed by atoms with Crippen LogP contribution in [0.4, 0.5) is 0 Å². The maximum atomic E-state index is 14.0. The number of hydrogen-bond donors (Lipinski definition) is 2. The molecule has 0 radical (unpaired) electrons. The fourth-order valence-electron chi connectivity index (χ4n) is 5.20. The Balaban J connectivity index is 1.67. The van der Waals surface area contributed by atoms with Gasteiger partial charge in [-0.3, -0.25) is 14.4 Å². The zero-order chi connectivity index (χ0) is 27.9. The summed E-state index contributed by atoms with van der Waals surface area (Å²) in [7, 11) is 0. The molecule has 2 atom stereocenters. The van der Waals surface area contributed by atoms with Crippen LogP contribution >= 0.6 is 11.6 Å². The summed E-state index contributed by atoms with van der Waals surface area (Å²) in [6, 6.07) is 15.1. The Morgan fingerprint density at radius 3 is 2.51 bits per heavy atom. The lowest BCUT2D eigenvalue weighted by molar-refractivity contribution is -0.138. The predicted octanol–water partition coefficient (Wildman–Crippen LogP) is 4.62. The van der Waals surface area contributed by atoms with Crippen LogP contribution in [0.2, 0.25) is 5.02 Å². The highest BCUT2D eigenvalue weighted by Gasteiger charge is 2.37. The number of fused-ring (bicyclic) bond motifs is 1. The first-order chi connectivity index (χ1) is 18.9. The van der Waals surface area contributed by atoms with E-state index in [1.807, 2.05) is 25.1 Å². The SMILES string of the molecule is CCCCC1CN(C(=O)[C@H](CCO)N(CC)C(=O)c2ccccc2)Cc2c1nc(-c1ccc(Cl)cc1)[nH]c2=O. The highest BCUT2D eigenvalue weighted by molar-refractivity contribution is 6.30. The van der Waals surface area contributed by atoms with E-state index in [0.29, 0.717) is 40.8 Å². The summed E-state index contributed by atoms with van der Waals surface area (Å²) in [5.74, 6) is -0.193. The Kier molecular flexibility index (Phi) is 9.54. The number of aliphatic hydroxyl groups excluding tert-OH is 1. The van der Waals surface area contributed by atoms with Crippen molar-refractivity contribution in [2.24, 2.45) is 0 Å². The molecule has 2 amide bonds. The largest absolute Gasteiger partial charge is 0.396 e. The molecule has 3 aromatic rings. The second kappa shape index (κ2) is 13.0. The fraction of sp³-hybridized carbons (Fsp3) is 0.400. The lowest BCUT2D eigenvalue weighted by Gasteiger charge is -2.38. The van der Waals surface area contributed by atoms with Crippen LogP contribution in [0.1, 0.15) is 67.1 Å². The van der Waals surface area contributed by atoms with Crippen molar-refractivity contribution in [1.29, 1.82) is 0 Å². The molecule has 2 aromatic carbocycles. The van der Waals surface area contributed by atoms with Gasteiger partial charge in [0.2, 0.25) is 5.91 Å². The van der Waals surface area contributed by atoms with Crippen molar-refractivity contribution in [3.63, 3.8) is 0 Å². The highest BCUT2D eigenvalue weighted by atomic mass is 35.5. The lowest BCUT2D eigenvalue weighted by Crippen LogP contribution is -2.53. The quantitative estimate of drug-likeness (QED) is 0.383. The van der Waals surface area contributed by atoms with E-state index < -0.39 is 6.04 Å². The molecule has 0 bridgehead atoms. The lowest BCUT2D eigenvalue weighted by atomic mass is 9.90. The van der Waals surface area contributed by atoms with Crippen molar-refractivity contribution in [2.45, 2.75) is 58.0 Å². The zero-order valence-corrected chi connectivity index (χ0v) is 23.2. The number of rotatable bonds is 10. The summed E-state index contributed by atoms with van der Waals surface area (Å²) < 4.78 is 0. The van der Waals surface area contributed by atoms with Gasteiger partial charge in [-0.05, 0) is 56.2 Å². The Labute approximate surface area is 233 Å². The van der Waals surface area contributed by atoms with Crippen molar-refractivity contribution < 1.29 is 14.7 Å². The molecule has 0 aliphatic carbocycles. The van der Waals surface area contributed by atoms with Crippen LogP contribution in [0.3, 0.4) is 0 Å². The summed E-state index contributed by atoms with van der Waals surface area (Å²) in [6.45, 7) is 4.47. The summed E-state index contributed by atoms with van der Waals surface area (Å²) in [5, 5.41) is 10.4. The number of aromatic amines is 1. The summed E-state index contributed by atoms with van der Waals surface area (Å²) in [6.07, 6.45) is 2.77. The van der Waals surface area contributed by atoms with Gasteiger partial charge >= 0.3 is 0 Å². The number of amides is 2. The molecule has 39 heavy (non-hydrogen) atoms. The minimum atomic E-state index is -0.846. The number of carbonyl (C=O) groups is 2. The molecule has 0 spiro atoms.